The number of hydrogen-bond acceptors (Lipinski definition) is 3. The van der Waals surface area contributed by atoms with E-state index in [4.69, 9.17) is 4.74 Å². The Morgan fingerprint density at radius 1 is 1.22 bits per heavy atom. The summed E-state index contributed by atoms with van der Waals surface area (Å²) < 4.78 is 7.18. The highest BCUT2D eigenvalue weighted by Crippen LogP contribution is 2.30. The summed E-state index contributed by atoms with van der Waals surface area (Å²) in [6, 6.07) is 12.9. The van der Waals surface area contributed by atoms with Crippen LogP contribution in [0.25, 0.3) is 16.9 Å². The largest absolute Gasteiger partial charge is 0.497 e. The Hall–Kier alpha value is -3.08. The number of carboxylic acids is 1. The lowest BCUT2D eigenvalue weighted by molar-refractivity contribution is 0.0696. The third-order valence-corrected chi connectivity index (χ3v) is 3.75. The van der Waals surface area contributed by atoms with Crippen LogP contribution >= 0.6 is 0 Å². The molecule has 3 rings (SSSR count). The van der Waals surface area contributed by atoms with E-state index in [0.29, 0.717) is 11.4 Å². The fraction of sp³-hybridized carbons (Fsp3) is 0.111. The van der Waals surface area contributed by atoms with E-state index < -0.39 is 5.97 Å². The van der Waals surface area contributed by atoms with Gasteiger partial charge >= 0.3 is 5.97 Å². The first-order valence-corrected chi connectivity index (χ1v) is 7.12. The van der Waals surface area contributed by atoms with Crippen molar-refractivity contribution >= 4 is 5.97 Å². The summed E-state index contributed by atoms with van der Waals surface area (Å²) >= 11 is 0. The van der Waals surface area contributed by atoms with Crippen molar-refractivity contribution in [2.75, 3.05) is 7.11 Å². The van der Waals surface area contributed by atoms with Crippen molar-refractivity contribution in [3.05, 3.63) is 66.1 Å². The van der Waals surface area contributed by atoms with E-state index in [0.717, 1.165) is 16.9 Å². The molecule has 0 unspecified atom stereocenters. The molecule has 1 aromatic carbocycles. The predicted octanol–water partition coefficient (Wildman–Crippen LogP) is 3.55. The summed E-state index contributed by atoms with van der Waals surface area (Å²) in [4.78, 5) is 15.6. The summed E-state index contributed by atoms with van der Waals surface area (Å²) in [5.74, 6) is -0.237. The van der Waals surface area contributed by atoms with Crippen molar-refractivity contribution in [3.63, 3.8) is 0 Å². The lowest BCUT2D eigenvalue weighted by atomic mass is 10.2. The van der Waals surface area contributed by atoms with Crippen LogP contribution in [-0.4, -0.2) is 27.7 Å². The fourth-order valence-electron chi connectivity index (χ4n) is 2.63. The van der Waals surface area contributed by atoms with Gasteiger partial charge in [-0.15, -0.1) is 0 Å². The topological polar surface area (TPSA) is 64.4 Å². The first kappa shape index (κ1) is 14.8. The minimum atomic E-state index is -0.950. The molecule has 3 aromatic rings. The molecule has 2 heterocycles. The van der Waals surface area contributed by atoms with E-state index in [-0.39, 0.29) is 5.56 Å². The van der Waals surface area contributed by atoms with Gasteiger partial charge in [-0.3, -0.25) is 4.98 Å². The number of ether oxygens (including phenoxy) is 1. The third-order valence-electron chi connectivity index (χ3n) is 3.75. The van der Waals surface area contributed by atoms with E-state index >= 15 is 0 Å². The molecule has 23 heavy (non-hydrogen) atoms. The van der Waals surface area contributed by atoms with Gasteiger partial charge in [0.05, 0.1) is 18.4 Å². The van der Waals surface area contributed by atoms with Crippen molar-refractivity contribution in [1.82, 2.24) is 9.55 Å². The molecule has 0 aliphatic carbocycles. The van der Waals surface area contributed by atoms with Crippen LogP contribution in [-0.2, 0) is 0 Å². The molecule has 0 aliphatic heterocycles. The first-order chi connectivity index (χ1) is 11.1. The van der Waals surface area contributed by atoms with Gasteiger partial charge in [-0.25, -0.2) is 4.79 Å². The van der Waals surface area contributed by atoms with Crippen LogP contribution in [0, 0.1) is 6.92 Å². The molecular weight excluding hydrogens is 292 g/mol. The Kier molecular flexibility index (Phi) is 3.85. The molecule has 116 valence electrons. The molecule has 0 radical (unpaired) electrons. The zero-order chi connectivity index (χ0) is 16.4. The number of rotatable bonds is 4. The van der Waals surface area contributed by atoms with Crippen molar-refractivity contribution < 1.29 is 14.6 Å². The van der Waals surface area contributed by atoms with Gasteiger partial charge in [0.2, 0.25) is 0 Å². The zero-order valence-electron chi connectivity index (χ0n) is 12.9. The second kappa shape index (κ2) is 5.96. The van der Waals surface area contributed by atoms with E-state index in [1.807, 2.05) is 41.0 Å². The molecule has 2 aromatic heterocycles. The predicted molar refractivity (Wildman–Crippen MR) is 87.2 cm³/mol. The van der Waals surface area contributed by atoms with Gasteiger partial charge in [0.15, 0.2) is 0 Å². The molecule has 0 saturated carbocycles. The van der Waals surface area contributed by atoms with Crippen LogP contribution in [0.1, 0.15) is 16.1 Å². The van der Waals surface area contributed by atoms with Gasteiger partial charge in [-0.05, 0) is 37.3 Å². The minimum absolute atomic E-state index is 0.270. The zero-order valence-corrected chi connectivity index (χ0v) is 12.9. The summed E-state index contributed by atoms with van der Waals surface area (Å²) in [5, 5.41) is 9.44. The van der Waals surface area contributed by atoms with Gasteiger partial charge in [0.1, 0.15) is 5.75 Å². The lowest BCUT2D eigenvalue weighted by Gasteiger charge is -2.13. The maximum atomic E-state index is 11.5. The maximum absolute atomic E-state index is 11.5. The number of carbonyl (C=O) groups is 1. The first-order valence-electron chi connectivity index (χ1n) is 7.12. The van der Waals surface area contributed by atoms with Crippen LogP contribution < -0.4 is 4.74 Å². The molecule has 0 atom stereocenters. The van der Waals surface area contributed by atoms with Crippen LogP contribution in [0.15, 0.2) is 54.9 Å². The quantitative estimate of drug-likeness (QED) is 0.800. The van der Waals surface area contributed by atoms with E-state index in [2.05, 4.69) is 4.98 Å². The number of methoxy groups -OCH3 is 1. The van der Waals surface area contributed by atoms with Crippen LogP contribution in [0.4, 0.5) is 0 Å². The molecule has 5 heteroatoms. The Bertz CT molecular complexity index is 854. The molecule has 0 fully saturated rings. The maximum Gasteiger partial charge on any atom is 0.337 e. The average Bonchev–Trinajstić information content (AvgIpc) is 2.93. The molecule has 0 amide bonds. The number of nitrogens with zero attached hydrogens (tertiary/aromatic N) is 2. The summed E-state index contributed by atoms with van der Waals surface area (Å²) in [7, 11) is 1.60. The summed E-state index contributed by atoms with van der Waals surface area (Å²) in [5.41, 5.74) is 3.40. The average molecular weight is 308 g/mol. The highest BCUT2D eigenvalue weighted by Gasteiger charge is 2.19. The molecule has 0 bridgehead atoms. The standard InChI is InChI=1S/C18H16N2O3/c1-12-16(18(21)22)10-17(13-5-4-8-19-11-13)20(12)14-6-3-7-15(9-14)23-2/h3-11H,1-2H3,(H,21,22). The fourth-order valence-corrected chi connectivity index (χ4v) is 2.63. The highest BCUT2D eigenvalue weighted by molar-refractivity contribution is 5.91. The Labute approximate surface area is 133 Å². The van der Waals surface area contributed by atoms with Crippen molar-refractivity contribution in [3.8, 4) is 22.7 Å². The van der Waals surface area contributed by atoms with Gasteiger partial charge in [0.25, 0.3) is 0 Å². The summed E-state index contributed by atoms with van der Waals surface area (Å²) in [6.45, 7) is 1.79. The Morgan fingerprint density at radius 3 is 2.70 bits per heavy atom. The van der Waals surface area contributed by atoms with Crippen LogP contribution in [0.5, 0.6) is 5.75 Å². The van der Waals surface area contributed by atoms with Crippen molar-refractivity contribution in [1.29, 1.82) is 0 Å². The monoisotopic (exact) mass is 308 g/mol. The number of aromatic carboxylic acids is 1. The SMILES string of the molecule is COc1cccc(-n2c(-c3cccnc3)cc(C(=O)O)c2C)c1. The minimum Gasteiger partial charge on any atom is -0.497 e. The van der Waals surface area contributed by atoms with Gasteiger partial charge < -0.3 is 14.4 Å². The lowest BCUT2D eigenvalue weighted by Crippen LogP contribution is -2.02. The summed E-state index contributed by atoms with van der Waals surface area (Å²) in [6.07, 6.45) is 3.41. The van der Waals surface area contributed by atoms with Crippen molar-refractivity contribution in [2.24, 2.45) is 0 Å². The van der Waals surface area contributed by atoms with Gasteiger partial charge in [-0.2, -0.15) is 0 Å². The second-order valence-electron chi connectivity index (χ2n) is 5.11. The molecule has 0 aliphatic rings. The third kappa shape index (κ3) is 2.68. The molecular formula is C18H16N2O3. The van der Waals surface area contributed by atoms with Crippen molar-refractivity contribution in [2.45, 2.75) is 6.92 Å². The molecule has 1 N–H and O–H groups in total. The van der Waals surface area contributed by atoms with Crippen LogP contribution in [0.3, 0.4) is 0 Å². The van der Waals surface area contributed by atoms with Crippen LogP contribution in [0.2, 0.25) is 0 Å². The number of aromatic nitrogens is 2. The molecule has 5 nitrogen and oxygen atoms in total. The number of carboxylic acid groups (broad SMARTS) is 1. The second-order valence-corrected chi connectivity index (χ2v) is 5.11. The number of hydrogen-bond donors (Lipinski definition) is 1. The van der Waals surface area contributed by atoms with Gasteiger partial charge in [0, 0.05) is 35.4 Å². The normalized spacial score (nSPS) is 10.5. The van der Waals surface area contributed by atoms with E-state index in [1.165, 1.54) is 0 Å². The van der Waals surface area contributed by atoms with Gasteiger partial charge in [-0.1, -0.05) is 6.07 Å². The number of pyridine rings is 1. The molecule has 0 spiro atoms. The molecule has 0 saturated heterocycles. The number of benzene rings is 1. The van der Waals surface area contributed by atoms with E-state index in [1.54, 1.807) is 32.5 Å². The smallest absolute Gasteiger partial charge is 0.337 e. The van der Waals surface area contributed by atoms with E-state index in [9.17, 15) is 9.90 Å². The Balaban J connectivity index is 2.27. The Morgan fingerprint density at radius 2 is 2.04 bits per heavy atom. The highest BCUT2D eigenvalue weighted by atomic mass is 16.5.